The number of anilines is 1. The monoisotopic (exact) mass is 306 g/mol. The lowest BCUT2D eigenvalue weighted by Crippen LogP contribution is -2.14. The van der Waals surface area contributed by atoms with E-state index in [0.717, 1.165) is 5.82 Å². The molecule has 7 nitrogen and oxygen atoms in total. The highest BCUT2D eigenvalue weighted by molar-refractivity contribution is 7.91. The molecule has 2 aromatic heterocycles. The van der Waals surface area contributed by atoms with E-state index in [1.165, 1.54) is 0 Å². The summed E-state index contributed by atoms with van der Waals surface area (Å²) in [5.41, 5.74) is 6.99. The minimum Gasteiger partial charge on any atom is -0.428 e. The predicted octanol–water partition coefficient (Wildman–Crippen LogP) is 1.39. The molecular weight excluding hydrogens is 292 g/mol. The van der Waals surface area contributed by atoms with Gasteiger partial charge in [0.2, 0.25) is 9.84 Å². The van der Waals surface area contributed by atoms with Gasteiger partial charge in [0, 0.05) is 24.6 Å². The largest absolute Gasteiger partial charge is 0.428 e. The number of aromatic nitrogens is 3. The van der Waals surface area contributed by atoms with Crippen molar-refractivity contribution < 1.29 is 12.8 Å². The molecule has 0 unspecified atom stereocenters. The number of oxazole rings is 1. The van der Waals surface area contributed by atoms with Crippen LogP contribution in [0, 0.1) is 6.92 Å². The Morgan fingerprint density at radius 2 is 2.19 bits per heavy atom. The van der Waals surface area contributed by atoms with Gasteiger partial charge in [0.25, 0.3) is 0 Å². The summed E-state index contributed by atoms with van der Waals surface area (Å²) in [7, 11) is -3.60. The SMILES string of the molecule is Cc1nccn1CCS(=O)(=O)c1nc2cc(N)ccc2o1. The van der Waals surface area contributed by atoms with Crippen LogP contribution in [0.25, 0.3) is 11.1 Å². The lowest BCUT2D eigenvalue weighted by atomic mass is 10.3. The number of nitrogens with zero attached hydrogens (tertiary/aromatic N) is 3. The van der Waals surface area contributed by atoms with Crippen molar-refractivity contribution >= 4 is 26.6 Å². The van der Waals surface area contributed by atoms with Crippen LogP contribution in [-0.2, 0) is 16.4 Å². The number of fused-ring (bicyclic) bond motifs is 1. The minimum atomic E-state index is -3.60. The third-order valence-corrected chi connectivity index (χ3v) is 4.61. The molecule has 0 saturated heterocycles. The van der Waals surface area contributed by atoms with Gasteiger partial charge in [-0.05, 0) is 25.1 Å². The third-order valence-electron chi connectivity index (χ3n) is 3.18. The number of rotatable bonds is 4. The molecule has 1 aromatic carbocycles. The van der Waals surface area contributed by atoms with Gasteiger partial charge < -0.3 is 14.7 Å². The van der Waals surface area contributed by atoms with Crippen molar-refractivity contribution in [2.24, 2.45) is 0 Å². The molecule has 8 heteroatoms. The highest BCUT2D eigenvalue weighted by atomic mass is 32.2. The summed E-state index contributed by atoms with van der Waals surface area (Å²) in [6, 6.07) is 4.83. The number of sulfone groups is 1. The molecule has 0 fully saturated rings. The molecule has 0 amide bonds. The van der Waals surface area contributed by atoms with E-state index in [-0.39, 0.29) is 11.0 Å². The van der Waals surface area contributed by atoms with E-state index in [1.54, 1.807) is 35.2 Å². The summed E-state index contributed by atoms with van der Waals surface area (Å²) in [6.45, 7) is 2.11. The van der Waals surface area contributed by atoms with Crippen molar-refractivity contribution in [1.82, 2.24) is 14.5 Å². The maximum Gasteiger partial charge on any atom is 0.316 e. The fourth-order valence-corrected chi connectivity index (χ4v) is 3.07. The van der Waals surface area contributed by atoms with Crippen LogP contribution in [0.5, 0.6) is 0 Å². The van der Waals surface area contributed by atoms with Gasteiger partial charge in [-0.3, -0.25) is 0 Å². The average Bonchev–Trinajstić information content (AvgIpc) is 3.02. The van der Waals surface area contributed by atoms with E-state index >= 15 is 0 Å². The Hall–Kier alpha value is -2.35. The van der Waals surface area contributed by atoms with Gasteiger partial charge in [0.1, 0.15) is 11.3 Å². The Morgan fingerprint density at radius 3 is 2.90 bits per heavy atom. The van der Waals surface area contributed by atoms with Crippen LogP contribution in [0.1, 0.15) is 5.82 Å². The number of hydrogen-bond donors (Lipinski definition) is 1. The zero-order chi connectivity index (χ0) is 15.0. The molecule has 0 saturated carbocycles. The normalized spacial score (nSPS) is 12.0. The van der Waals surface area contributed by atoms with Crippen molar-refractivity contribution in [3.05, 3.63) is 36.4 Å². The lowest BCUT2D eigenvalue weighted by molar-refractivity contribution is 0.457. The number of nitrogen functional groups attached to an aromatic ring is 1. The van der Waals surface area contributed by atoms with Crippen LogP contribution >= 0.6 is 0 Å². The van der Waals surface area contributed by atoms with Gasteiger partial charge >= 0.3 is 5.22 Å². The standard InChI is InChI=1S/C13H14N4O3S/c1-9-15-4-5-17(9)6-7-21(18,19)13-16-11-8-10(14)2-3-12(11)20-13/h2-5,8H,6-7,14H2,1H3. The molecule has 21 heavy (non-hydrogen) atoms. The predicted molar refractivity (Wildman–Crippen MR) is 77.4 cm³/mol. The molecule has 0 radical (unpaired) electrons. The molecule has 0 aliphatic carbocycles. The molecule has 0 aliphatic rings. The van der Waals surface area contributed by atoms with E-state index in [2.05, 4.69) is 9.97 Å². The van der Waals surface area contributed by atoms with Gasteiger partial charge in [0.05, 0.1) is 5.75 Å². The third kappa shape index (κ3) is 2.62. The molecule has 0 bridgehead atoms. The first-order valence-corrected chi connectivity index (χ1v) is 7.97. The van der Waals surface area contributed by atoms with E-state index in [9.17, 15) is 8.42 Å². The summed E-state index contributed by atoms with van der Waals surface area (Å²) >= 11 is 0. The zero-order valence-electron chi connectivity index (χ0n) is 11.4. The highest BCUT2D eigenvalue weighted by Gasteiger charge is 2.22. The van der Waals surface area contributed by atoms with Crippen LogP contribution in [0.15, 0.2) is 40.2 Å². The average molecular weight is 306 g/mol. The van der Waals surface area contributed by atoms with Crippen molar-refractivity contribution in [2.75, 3.05) is 11.5 Å². The number of nitrogens with two attached hydrogens (primary N) is 1. The van der Waals surface area contributed by atoms with Crippen LogP contribution in [0.2, 0.25) is 0 Å². The summed E-state index contributed by atoms with van der Waals surface area (Å²) in [5.74, 6) is 0.655. The van der Waals surface area contributed by atoms with Crippen LogP contribution in [0.3, 0.4) is 0 Å². The van der Waals surface area contributed by atoms with Crippen LogP contribution in [0.4, 0.5) is 5.69 Å². The quantitative estimate of drug-likeness (QED) is 0.730. The Labute approximate surface area is 121 Å². The molecule has 110 valence electrons. The first-order valence-electron chi connectivity index (χ1n) is 6.32. The second-order valence-electron chi connectivity index (χ2n) is 4.69. The van der Waals surface area contributed by atoms with Gasteiger partial charge in [-0.2, -0.15) is 4.98 Å². The summed E-state index contributed by atoms with van der Waals surface area (Å²) < 4.78 is 31.6. The van der Waals surface area contributed by atoms with E-state index in [4.69, 9.17) is 10.2 Å². The van der Waals surface area contributed by atoms with E-state index in [0.29, 0.717) is 23.3 Å². The number of imidazole rings is 1. The van der Waals surface area contributed by atoms with Gasteiger partial charge in [-0.1, -0.05) is 0 Å². The van der Waals surface area contributed by atoms with E-state index < -0.39 is 9.84 Å². The summed E-state index contributed by atoms with van der Waals surface area (Å²) in [4.78, 5) is 8.06. The first kappa shape index (κ1) is 13.6. The number of aryl methyl sites for hydroxylation is 2. The maximum absolute atomic E-state index is 12.3. The Bertz CT molecular complexity index is 895. The van der Waals surface area contributed by atoms with Crippen molar-refractivity contribution in [3.8, 4) is 0 Å². The van der Waals surface area contributed by atoms with Crippen molar-refractivity contribution in [2.45, 2.75) is 18.7 Å². The summed E-state index contributed by atoms with van der Waals surface area (Å²) in [6.07, 6.45) is 3.36. The smallest absolute Gasteiger partial charge is 0.316 e. The molecule has 2 heterocycles. The Balaban J connectivity index is 1.87. The molecule has 3 aromatic rings. The van der Waals surface area contributed by atoms with Gasteiger partial charge in [0.15, 0.2) is 5.58 Å². The molecule has 0 aliphatic heterocycles. The van der Waals surface area contributed by atoms with Crippen molar-refractivity contribution in [3.63, 3.8) is 0 Å². The summed E-state index contributed by atoms with van der Waals surface area (Å²) in [5, 5.41) is -0.277. The Morgan fingerprint density at radius 1 is 1.38 bits per heavy atom. The number of hydrogen-bond acceptors (Lipinski definition) is 6. The fourth-order valence-electron chi connectivity index (χ4n) is 2.00. The topological polar surface area (TPSA) is 104 Å². The second-order valence-corrected chi connectivity index (χ2v) is 6.68. The molecular formula is C13H14N4O3S. The maximum atomic E-state index is 12.3. The molecule has 0 atom stereocenters. The number of benzene rings is 1. The molecule has 3 rings (SSSR count). The van der Waals surface area contributed by atoms with Gasteiger partial charge in [-0.15, -0.1) is 0 Å². The zero-order valence-corrected chi connectivity index (χ0v) is 12.2. The second kappa shape index (κ2) is 4.88. The molecule has 0 spiro atoms. The molecule has 2 N–H and O–H groups in total. The lowest BCUT2D eigenvalue weighted by Gasteiger charge is -2.03. The minimum absolute atomic E-state index is 0.105. The van der Waals surface area contributed by atoms with E-state index in [1.807, 2.05) is 6.92 Å². The fraction of sp³-hybridized carbons (Fsp3) is 0.231. The van der Waals surface area contributed by atoms with Crippen LogP contribution < -0.4 is 5.73 Å². The van der Waals surface area contributed by atoms with Gasteiger partial charge in [-0.25, -0.2) is 13.4 Å². The van der Waals surface area contributed by atoms with Crippen LogP contribution in [-0.4, -0.2) is 28.7 Å². The highest BCUT2D eigenvalue weighted by Crippen LogP contribution is 2.21. The van der Waals surface area contributed by atoms with Crippen molar-refractivity contribution in [1.29, 1.82) is 0 Å². The first-order chi connectivity index (χ1) is 9.95. The Kier molecular flexibility index (Phi) is 3.17.